The van der Waals surface area contributed by atoms with Crippen LogP contribution in [0.15, 0.2) is 55.6 Å². The van der Waals surface area contributed by atoms with Gasteiger partial charge in [-0.1, -0.05) is 62.9 Å². The van der Waals surface area contributed by atoms with Crippen LogP contribution in [0.2, 0.25) is 0 Å². The summed E-state index contributed by atoms with van der Waals surface area (Å²) in [7, 11) is 0. The maximum atomic E-state index is 12.5. The van der Waals surface area contributed by atoms with Crippen LogP contribution in [0.25, 0.3) is 0 Å². The molecular formula is C27H40O5. The van der Waals surface area contributed by atoms with Crippen molar-refractivity contribution in [1.82, 2.24) is 0 Å². The standard InChI is InChI=1S/C27H40O5/c1-5-22(26(29)31-20-12-15-21-13-10-9-11-14-21)17-19-25(8-4)32-27(30)23(6-2)16-18-24(28)7-3/h7-11,13-14,22-25,28H,3-6,12,15-20H2,1-2H3. The Bertz CT molecular complexity index is 685. The molecule has 1 aromatic rings. The Hall–Kier alpha value is -2.40. The van der Waals surface area contributed by atoms with Crippen molar-refractivity contribution in [1.29, 1.82) is 0 Å². The monoisotopic (exact) mass is 444 g/mol. The molecule has 0 amide bonds. The Balaban J connectivity index is 2.41. The Morgan fingerprint density at radius 3 is 2.16 bits per heavy atom. The lowest BCUT2D eigenvalue weighted by atomic mass is 9.97. The van der Waals surface area contributed by atoms with Crippen LogP contribution >= 0.6 is 0 Å². The summed E-state index contributed by atoms with van der Waals surface area (Å²) < 4.78 is 11.1. The first-order chi connectivity index (χ1) is 15.4. The van der Waals surface area contributed by atoms with Gasteiger partial charge in [-0.3, -0.25) is 9.59 Å². The van der Waals surface area contributed by atoms with Crippen molar-refractivity contribution in [2.24, 2.45) is 11.8 Å². The van der Waals surface area contributed by atoms with Crippen molar-refractivity contribution in [3.8, 4) is 0 Å². The number of aliphatic hydroxyl groups excluding tert-OH is 1. The SMILES string of the molecule is C=CC(O)CCC(CC)C(=O)OC(C=C)CCC(CC)C(=O)OCCCc1ccccc1. The molecule has 5 nitrogen and oxygen atoms in total. The molecule has 0 radical (unpaired) electrons. The quantitative estimate of drug-likeness (QED) is 0.197. The summed E-state index contributed by atoms with van der Waals surface area (Å²) in [6, 6.07) is 10.1. The summed E-state index contributed by atoms with van der Waals surface area (Å²) in [5.74, 6) is -0.981. The van der Waals surface area contributed by atoms with Crippen LogP contribution in [-0.2, 0) is 25.5 Å². The molecule has 1 rings (SSSR count). The molecule has 1 N–H and O–H groups in total. The van der Waals surface area contributed by atoms with E-state index in [0.717, 1.165) is 12.8 Å². The fourth-order valence-corrected chi connectivity index (χ4v) is 3.51. The third-order valence-corrected chi connectivity index (χ3v) is 5.76. The van der Waals surface area contributed by atoms with E-state index in [4.69, 9.17) is 9.47 Å². The fourth-order valence-electron chi connectivity index (χ4n) is 3.51. The summed E-state index contributed by atoms with van der Waals surface area (Å²) in [5, 5.41) is 9.64. The fraction of sp³-hybridized carbons (Fsp3) is 0.556. The summed E-state index contributed by atoms with van der Waals surface area (Å²) in [6.07, 6.45) is 7.12. The van der Waals surface area contributed by atoms with Crippen LogP contribution < -0.4 is 0 Å². The van der Waals surface area contributed by atoms with Gasteiger partial charge < -0.3 is 14.6 Å². The van der Waals surface area contributed by atoms with Gasteiger partial charge in [0.15, 0.2) is 0 Å². The zero-order valence-electron chi connectivity index (χ0n) is 19.7. The van der Waals surface area contributed by atoms with Gasteiger partial charge in [-0.15, -0.1) is 6.58 Å². The predicted molar refractivity (Wildman–Crippen MR) is 128 cm³/mol. The number of esters is 2. The zero-order valence-corrected chi connectivity index (χ0v) is 19.7. The lowest BCUT2D eigenvalue weighted by Gasteiger charge is -2.21. The number of hydrogen-bond donors (Lipinski definition) is 1. The molecule has 0 aromatic heterocycles. The highest BCUT2D eigenvalue weighted by molar-refractivity contribution is 5.73. The minimum Gasteiger partial charge on any atom is -0.465 e. The maximum absolute atomic E-state index is 12.5. The summed E-state index contributed by atoms with van der Waals surface area (Å²) in [4.78, 5) is 25.0. The van der Waals surface area contributed by atoms with Gasteiger partial charge in [0, 0.05) is 0 Å². The first kappa shape index (κ1) is 27.6. The van der Waals surface area contributed by atoms with Crippen LogP contribution in [0.5, 0.6) is 0 Å². The van der Waals surface area contributed by atoms with E-state index in [1.54, 1.807) is 6.08 Å². The molecule has 1 aromatic carbocycles. The average Bonchev–Trinajstić information content (AvgIpc) is 2.82. The highest BCUT2D eigenvalue weighted by Crippen LogP contribution is 2.20. The van der Waals surface area contributed by atoms with Crippen LogP contribution in [-0.4, -0.2) is 35.9 Å². The number of rotatable bonds is 17. The average molecular weight is 445 g/mol. The molecule has 4 atom stereocenters. The molecule has 32 heavy (non-hydrogen) atoms. The molecule has 0 saturated heterocycles. The smallest absolute Gasteiger partial charge is 0.309 e. The van der Waals surface area contributed by atoms with Crippen molar-refractivity contribution in [3.05, 3.63) is 61.2 Å². The van der Waals surface area contributed by atoms with Gasteiger partial charge >= 0.3 is 11.9 Å². The van der Waals surface area contributed by atoms with E-state index in [9.17, 15) is 14.7 Å². The molecule has 0 aliphatic carbocycles. The van der Waals surface area contributed by atoms with Gasteiger partial charge in [0.2, 0.25) is 0 Å². The number of aliphatic hydroxyl groups is 1. The lowest BCUT2D eigenvalue weighted by molar-refractivity contribution is -0.153. The second-order valence-electron chi connectivity index (χ2n) is 8.14. The predicted octanol–water partition coefficient (Wildman–Crippen LogP) is 5.42. The molecule has 0 heterocycles. The highest BCUT2D eigenvalue weighted by Gasteiger charge is 2.24. The molecule has 0 bridgehead atoms. The first-order valence-electron chi connectivity index (χ1n) is 11.8. The van der Waals surface area contributed by atoms with E-state index >= 15 is 0 Å². The number of ether oxygens (including phenoxy) is 2. The lowest BCUT2D eigenvalue weighted by Crippen LogP contribution is -2.25. The number of aryl methyl sites for hydroxylation is 1. The molecule has 178 valence electrons. The Morgan fingerprint density at radius 2 is 1.56 bits per heavy atom. The molecular weight excluding hydrogens is 404 g/mol. The number of carbonyl (C=O) groups excluding carboxylic acids is 2. The van der Waals surface area contributed by atoms with Gasteiger partial charge in [-0.25, -0.2) is 0 Å². The summed E-state index contributed by atoms with van der Waals surface area (Å²) in [6.45, 7) is 11.6. The van der Waals surface area contributed by atoms with Crippen LogP contribution in [0.1, 0.15) is 64.4 Å². The molecule has 0 spiro atoms. The van der Waals surface area contributed by atoms with Gasteiger partial charge in [-0.05, 0) is 56.9 Å². The third-order valence-electron chi connectivity index (χ3n) is 5.76. The minimum atomic E-state index is -0.615. The number of hydrogen-bond acceptors (Lipinski definition) is 5. The Morgan fingerprint density at radius 1 is 0.938 bits per heavy atom. The van der Waals surface area contributed by atoms with E-state index in [2.05, 4.69) is 25.3 Å². The van der Waals surface area contributed by atoms with Gasteiger partial charge in [0.25, 0.3) is 0 Å². The van der Waals surface area contributed by atoms with E-state index in [1.807, 2.05) is 32.0 Å². The molecule has 0 aliphatic rings. The highest BCUT2D eigenvalue weighted by atomic mass is 16.5. The van der Waals surface area contributed by atoms with E-state index < -0.39 is 12.2 Å². The summed E-state index contributed by atoms with van der Waals surface area (Å²) in [5.41, 5.74) is 1.23. The second-order valence-corrected chi connectivity index (χ2v) is 8.14. The topological polar surface area (TPSA) is 72.8 Å². The summed E-state index contributed by atoms with van der Waals surface area (Å²) >= 11 is 0. The van der Waals surface area contributed by atoms with Gasteiger partial charge in [0.1, 0.15) is 6.10 Å². The van der Waals surface area contributed by atoms with Crippen LogP contribution in [0.4, 0.5) is 0 Å². The van der Waals surface area contributed by atoms with Gasteiger partial charge in [-0.2, -0.15) is 0 Å². The Kier molecular flexibility index (Phi) is 14.0. The molecule has 4 unspecified atom stereocenters. The van der Waals surface area contributed by atoms with Crippen LogP contribution in [0, 0.1) is 11.8 Å². The number of benzene rings is 1. The Labute approximate surface area is 193 Å². The largest absolute Gasteiger partial charge is 0.465 e. The normalized spacial score (nSPS) is 14.6. The van der Waals surface area contributed by atoms with Gasteiger partial charge in [0.05, 0.1) is 24.5 Å². The van der Waals surface area contributed by atoms with E-state index in [-0.39, 0.29) is 23.8 Å². The van der Waals surface area contributed by atoms with Crippen molar-refractivity contribution < 1.29 is 24.2 Å². The van der Waals surface area contributed by atoms with Crippen molar-refractivity contribution >= 4 is 11.9 Å². The molecule has 0 aliphatic heterocycles. The molecule has 0 saturated carbocycles. The maximum Gasteiger partial charge on any atom is 0.309 e. The van der Waals surface area contributed by atoms with Crippen molar-refractivity contribution in [3.63, 3.8) is 0 Å². The third kappa shape index (κ3) is 10.8. The molecule has 0 fully saturated rings. The minimum absolute atomic E-state index is 0.195. The first-order valence-corrected chi connectivity index (χ1v) is 11.8. The zero-order chi connectivity index (χ0) is 23.8. The van der Waals surface area contributed by atoms with Crippen LogP contribution in [0.3, 0.4) is 0 Å². The van der Waals surface area contributed by atoms with Crippen molar-refractivity contribution in [2.75, 3.05) is 6.61 Å². The second kappa shape index (κ2) is 16.3. The van der Waals surface area contributed by atoms with E-state index in [0.29, 0.717) is 45.1 Å². The van der Waals surface area contributed by atoms with E-state index in [1.165, 1.54) is 11.6 Å². The number of carbonyl (C=O) groups is 2. The molecule has 5 heteroatoms. The van der Waals surface area contributed by atoms with Crippen molar-refractivity contribution in [2.45, 2.75) is 77.4 Å².